The summed E-state index contributed by atoms with van der Waals surface area (Å²) < 4.78 is 27.3. The van der Waals surface area contributed by atoms with Crippen molar-refractivity contribution in [3.63, 3.8) is 0 Å². The van der Waals surface area contributed by atoms with Crippen LogP contribution in [0.1, 0.15) is 36.1 Å². The summed E-state index contributed by atoms with van der Waals surface area (Å²) in [6.45, 7) is 9.76. The van der Waals surface area contributed by atoms with Crippen molar-refractivity contribution in [3.05, 3.63) is 28.3 Å². The Kier molecular flexibility index (Phi) is 4.31. The van der Waals surface area contributed by atoms with E-state index in [0.717, 1.165) is 11.1 Å². The Morgan fingerprint density at radius 2 is 1.50 bits per heavy atom. The monoisotopic (exact) mass is 299 g/mol. The first kappa shape index (κ1) is 16.7. The van der Waals surface area contributed by atoms with Crippen molar-refractivity contribution in [1.29, 1.82) is 0 Å². The molecule has 0 saturated heterocycles. The third-order valence-electron chi connectivity index (χ3n) is 3.49. The van der Waals surface area contributed by atoms with Gasteiger partial charge in [0.05, 0.1) is 4.90 Å². The zero-order valence-corrected chi connectivity index (χ0v) is 13.5. The van der Waals surface area contributed by atoms with Crippen LogP contribution in [0.3, 0.4) is 0 Å². The van der Waals surface area contributed by atoms with Gasteiger partial charge < -0.3 is 5.11 Å². The fourth-order valence-electron chi connectivity index (χ4n) is 2.01. The third kappa shape index (κ3) is 3.02. The highest BCUT2D eigenvalue weighted by Crippen LogP contribution is 2.26. The van der Waals surface area contributed by atoms with Crippen LogP contribution in [0.25, 0.3) is 0 Å². The maximum absolute atomic E-state index is 12.5. The van der Waals surface area contributed by atoms with Gasteiger partial charge >= 0.3 is 5.97 Å². The first-order chi connectivity index (χ1) is 8.90. The maximum atomic E-state index is 12.5. The molecule has 0 aliphatic heterocycles. The van der Waals surface area contributed by atoms with Gasteiger partial charge in [-0.25, -0.2) is 8.42 Å². The average molecular weight is 299 g/mol. The van der Waals surface area contributed by atoms with Crippen LogP contribution in [0.2, 0.25) is 0 Å². The number of aryl methyl sites for hydroxylation is 2. The van der Waals surface area contributed by atoms with Gasteiger partial charge in [-0.15, -0.1) is 0 Å². The average Bonchev–Trinajstić information content (AvgIpc) is 2.24. The number of carboxylic acid groups (broad SMARTS) is 1. The van der Waals surface area contributed by atoms with Gasteiger partial charge in [-0.1, -0.05) is 6.07 Å². The standard InChI is InChI=1S/C14H21NO4S/c1-8-7-9(2)11(4)12(10(8)3)20(18,19)15-14(5,6)13(16)17/h7,15H,1-6H3,(H,16,17). The number of hydrogen-bond donors (Lipinski definition) is 2. The summed E-state index contributed by atoms with van der Waals surface area (Å²) in [5.41, 5.74) is 1.45. The van der Waals surface area contributed by atoms with Crippen LogP contribution < -0.4 is 4.72 Å². The topological polar surface area (TPSA) is 83.5 Å². The zero-order chi connectivity index (χ0) is 15.9. The number of carbonyl (C=O) groups is 1. The molecule has 0 radical (unpaired) electrons. The lowest BCUT2D eigenvalue weighted by molar-refractivity contribution is -0.142. The maximum Gasteiger partial charge on any atom is 0.324 e. The van der Waals surface area contributed by atoms with E-state index in [9.17, 15) is 13.2 Å². The number of rotatable bonds is 4. The lowest BCUT2D eigenvalue weighted by Crippen LogP contribution is -2.49. The molecule has 0 aliphatic rings. The van der Waals surface area contributed by atoms with E-state index in [1.165, 1.54) is 13.8 Å². The molecule has 112 valence electrons. The predicted molar refractivity (Wildman–Crippen MR) is 77.4 cm³/mol. The molecular formula is C14H21NO4S. The molecule has 1 aromatic carbocycles. The lowest BCUT2D eigenvalue weighted by atomic mass is 10.0. The van der Waals surface area contributed by atoms with Gasteiger partial charge in [0.25, 0.3) is 0 Å². The number of benzene rings is 1. The van der Waals surface area contributed by atoms with E-state index in [2.05, 4.69) is 4.72 Å². The SMILES string of the molecule is Cc1cc(C)c(C)c(S(=O)(=O)NC(C)(C)C(=O)O)c1C. The highest BCUT2D eigenvalue weighted by atomic mass is 32.2. The van der Waals surface area contributed by atoms with Crippen LogP contribution in [-0.2, 0) is 14.8 Å². The molecule has 20 heavy (non-hydrogen) atoms. The summed E-state index contributed by atoms with van der Waals surface area (Å²) in [6, 6.07) is 1.92. The Hall–Kier alpha value is -1.40. The Balaban J connectivity index is 3.49. The Bertz CT molecular complexity index is 634. The second-order valence-corrected chi connectivity index (χ2v) is 7.24. The molecule has 0 atom stereocenters. The highest BCUT2D eigenvalue weighted by molar-refractivity contribution is 7.89. The molecular weight excluding hydrogens is 278 g/mol. The van der Waals surface area contributed by atoms with E-state index in [1.807, 2.05) is 19.9 Å². The van der Waals surface area contributed by atoms with Gasteiger partial charge in [0.15, 0.2) is 0 Å². The van der Waals surface area contributed by atoms with Crippen molar-refractivity contribution in [1.82, 2.24) is 4.72 Å². The minimum atomic E-state index is -3.90. The number of sulfonamides is 1. The molecule has 0 saturated carbocycles. The summed E-state index contributed by atoms with van der Waals surface area (Å²) in [7, 11) is -3.90. The van der Waals surface area contributed by atoms with E-state index in [1.54, 1.807) is 13.8 Å². The summed E-state index contributed by atoms with van der Waals surface area (Å²) in [5, 5.41) is 9.07. The highest BCUT2D eigenvalue weighted by Gasteiger charge is 2.34. The van der Waals surface area contributed by atoms with Crippen molar-refractivity contribution < 1.29 is 18.3 Å². The number of nitrogens with one attached hydrogen (secondary N) is 1. The van der Waals surface area contributed by atoms with Gasteiger partial charge in [0, 0.05) is 0 Å². The number of carboxylic acids is 1. The molecule has 2 N–H and O–H groups in total. The van der Waals surface area contributed by atoms with Crippen molar-refractivity contribution >= 4 is 16.0 Å². The van der Waals surface area contributed by atoms with Crippen LogP contribution in [0.4, 0.5) is 0 Å². The Morgan fingerprint density at radius 3 is 1.85 bits per heavy atom. The van der Waals surface area contributed by atoms with Crippen LogP contribution in [0.5, 0.6) is 0 Å². The Labute approximate surface area is 120 Å². The van der Waals surface area contributed by atoms with Crippen LogP contribution in [0, 0.1) is 27.7 Å². The van der Waals surface area contributed by atoms with E-state index in [0.29, 0.717) is 11.1 Å². The molecule has 0 spiro atoms. The molecule has 0 aromatic heterocycles. The van der Waals surface area contributed by atoms with Crippen LogP contribution in [-0.4, -0.2) is 25.0 Å². The van der Waals surface area contributed by atoms with Gasteiger partial charge in [-0.3, -0.25) is 4.79 Å². The zero-order valence-electron chi connectivity index (χ0n) is 12.7. The molecule has 5 nitrogen and oxygen atoms in total. The first-order valence-corrected chi connectivity index (χ1v) is 7.73. The summed E-state index contributed by atoms with van der Waals surface area (Å²) in [5.74, 6) is -1.22. The van der Waals surface area contributed by atoms with Gasteiger partial charge in [-0.2, -0.15) is 4.72 Å². The van der Waals surface area contributed by atoms with Crippen molar-refractivity contribution in [2.45, 2.75) is 52.0 Å². The summed E-state index contributed by atoms with van der Waals surface area (Å²) in [6.07, 6.45) is 0. The van der Waals surface area contributed by atoms with E-state index in [4.69, 9.17) is 5.11 Å². The molecule has 0 amide bonds. The minimum absolute atomic E-state index is 0.171. The van der Waals surface area contributed by atoms with E-state index >= 15 is 0 Å². The van der Waals surface area contributed by atoms with Gasteiger partial charge in [0.2, 0.25) is 10.0 Å². The normalized spacial score (nSPS) is 12.5. The number of hydrogen-bond acceptors (Lipinski definition) is 3. The quantitative estimate of drug-likeness (QED) is 0.891. The molecule has 0 bridgehead atoms. The van der Waals surface area contributed by atoms with Crippen LogP contribution >= 0.6 is 0 Å². The van der Waals surface area contributed by atoms with Crippen molar-refractivity contribution in [2.24, 2.45) is 0 Å². The second-order valence-electron chi connectivity index (χ2n) is 5.63. The molecule has 0 aliphatic carbocycles. The molecule has 0 fully saturated rings. The Morgan fingerprint density at radius 1 is 1.10 bits per heavy atom. The molecule has 6 heteroatoms. The second kappa shape index (κ2) is 5.18. The minimum Gasteiger partial charge on any atom is -0.480 e. The van der Waals surface area contributed by atoms with Crippen LogP contribution in [0.15, 0.2) is 11.0 Å². The van der Waals surface area contributed by atoms with Gasteiger partial charge in [0.1, 0.15) is 5.54 Å². The lowest BCUT2D eigenvalue weighted by Gasteiger charge is -2.23. The smallest absolute Gasteiger partial charge is 0.324 e. The third-order valence-corrected chi connectivity index (χ3v) is 5.42. The first-order valence-electron chi connectivity index (χ1n) is 6.25. The predicted octanol–water partition coefficient (Wildman–Crippen LogP) is 2.06. The van der Waals surface area contributed by atoms with E-state index < -0.39 is 21.5 Å². The molecule has 1 rings (SSSR count). The molecule has 0 unspecified atom stereocenters. The van der Waals surface area contributed by atoms with Crippen molar-refractivity contribution in [3.8, 4) is 0 Å². The fraction of sp³-hybridized carbons (Fsp3) is 0.500. The van der Waals surface area contributed by atoms with Gasteiger partial charge in [-0.05, 0) is 63.8 Å². The van der Waals surface area contributed by atoms with Crippen molar-refractivity contribution in [2.75, 3.05) is 0 Å². The summed E-state index contributed by atoms with van der Waals surface area (Å²) >= 11 is 0. The van der Waals surface area contributed by atoms with E-state index in [-0.39, 0.29) is 4.90 Å². The molecule has 0 heterocycles. The largest absolute Gasteiger partial charge is 0.480 e. The molecule has 1 aromatic rings. The number of aliphatic carboxylic acids is 1. The fourth-order valence-corrected chi connectivity index (χ4v) is 4.00. The summed E-state index contributed by atoms with van der Waals surface area (Å²) in [4.78, 5) is 11.3.